The molecule has 0 aromatic carbocycles. The molecule has 0 fully saturated rings. The van der Waals surface area contributed by atoms with Gasteiger partial charge in [-0.1, -0.05) is 0 Å². The van der Waals surface area contributed by atoms with Gasteiger partial charge >= 0.3 is 0 Å². The van der Waals surface area contributed by atoms with Crippen LogP contribution in [0.25, 0.3) is 0 Å². The lowest BCUT2D eigenvalue weighted by Gasteiger charge is -2.02. The molecular formula is C4H9NO4S. The molecule has 0 aromatic rings. The average Bonchev–Trinajstić information content (AvgIpc) is 1.58. The van der Waals surface area contributed by atoms with E-state index in [4.69, 9.17) is 5.73 Å². The summed E-state index contributed by atoms with van der Waals surface area (Å²) in [5, 5.41) is 0. The van der Waals surface area contributed by atoms with E-state index < -0.39 is 23.0 Å². The van der Waals surface area contributed by atoms with Crippen LogP contribution in [0.1, 0.15) is 13.3 Å². The molecule has 0 spiro atoms. The first-order valence-electron chi connectivity index (χ1n) is 2.62. The Balaban J connectivity index is 3.63. The van der Waals surface area contributed by atoms with Crippen LogP contribution < -0.4 is 5.73 Å². The second kappa shape index (κ2) is 4.24. The molecule has 1 unspecified atom stereocenters. The van der Waals surface area contributed by atoms with E-state index in [0.29, 0.717) is 0 Å². The van der Waals surface area contributed by atoms with Crippen LogP contribution in [0.3, 0.4) is 0 Å². The van der Waals surface area contributed by atoms with Gasteiger partial charge < -0.3 is 5.73 Å². The Hall–Kier alpha value is -0.620. The van der Waals surface area contributed by atoms with E-state index in [1.807, 2.05) is 0 Å². The van der Waals surface area contributed by atoms with Gasteiger partial charge in [-0.2, -0.15) is 0 Å². The smallest absolute Gasteiger partial charge is 0.257 e. The molecule has 1 atom stereocenters. The number of carbonyl (C=O) groups is 1. The van der Waals surface area contributed by atoms with Crippen molar-refractivity contribution in [3.63, 3.8) is 0 Å². The van der Waals surface area contributed by atoms with Gasteiger partial charge in [0.1, 0.15) is 0 Å². The van der Waals surface area contributed by atoms with E-state index in [1.165, 1.54) is 6.92 Å². The van der Waals surface area contributed by atoms with E-state index >= 15 is 0 Å². The summed E-state index contributed by atoms with van der Waals surface area (Å²) >= 11 is 0. The molecular weight excluding hydrogens is 158 g/mol. The lowest BCUT2D eigenvalue weighted by Crippen LogP contribution is -2.19. The van der Waals surface area contributed by atoms with Gasteiger partial charge in [0.15, 0.2) is 0 Å². The van der Waals surface area contributed by atoms with E-state index in [2.05, 4.69) is 4.18 Å². The molecule has 60 valence electrons. The van der Waals surface area contributed by atoms with Crippen LogP contribution in [0.4, 0.5) is 0 Å². The summed E-state index contributed by atoms with van der Waals surface area (Å²) in [6.45, 7) is 1.45. The lowest BCUT2D eigenvalue weighted by molar-refractivity contribution is -0.119. The maximum atomic E-state index is 10.1. The molecule has 6 heteroatoms. The van der Waals surface area contributed by atoms with Crippen molar-refractivity contribution >= 4 is 16.9 Å². The minimum atomic E-state index is -2.88. The van der Waals surface area contributed by atoms with Crippen molar-refractivity contribution in [3.05, 3.63) is 0 Å². The van der Waals surface area contributed by atoms with Crippen LogP contribution in [0.5, 0.6) is 0 Å². The van der Waals surface area contributed by atoms with Crippen LogP contribution in [0.2, 0.25) is 0 Å². The zero-order valence-corrected chi connectivity index (χ0v) is 6.34. The van der Waals surface area contributed by atoms with Gasteiger partial charge in [-0.3, -0.25) is 8.98 Å². The van der Waals surface area contributed by atoms with Crippen molar-refractivity contribution in [2.24, 2.45) is 5.73 Å². The first-order chi connectivity index (χ1) is 4.52. The Kier molecular flexibility index (Phi) is 3.97. The molecule has 0 aliphatic rings. The minimum absolute atomic E-state index is 0.0800. The van der Waals surface area contributed by atoms with Crippen molar-refractivity contribution in [1.82, 2.24) is 0 Å². The maximum Gasteiger partial charge on any atom is 0.257 e. The number of rotatable bonds is 4. The maximum absolute atomic E-state index is 10.1. The van der Waals surface area contributed by atoms with Crippen LogP contribution in [-0.4, -0.2) is 20.4 Å². The van der Waals surface area contributed by atoms with Gasteiger partial charge in [-0.15, -0.1) is 0 Å². The van der Waals surface area contributed by atoms with E-state index in [9.17, 15) is 13.2 Å². The standard InChI is InChI=1S/C4H9NO4S/c1-3(2-4(5)6)9-10(7)8/h3,10H,2H2,1H3,(H2,5,6). The van der Waals surface area contributed by atoms with Gasteiger partial charge in [0.05, 0.1) is 12.5 Å². The summed E-state index contributed by atoms with van der Waals surface area (Å²) < 4.78 is 23.9. The molecule has 0 radical (unpaired) electrons. The van der Waals surface area contributed by atoms with E-state index in [1.54, 1.807) is 0 Å². The highest BCUT2D eigenvalue weighted by Gasteiger charge is 2.06. The zero-order valence-electron chi connectivity index (χ0n) is 5.44. The number of primary amides is 1. The fraction of sp³-hybridized carbons (Fsp3) is 0.750. The number of hydrogen-bond donors (Lipinski definition) is 2. The summed E-state index contributed by atoms with van der Waals surface area (Å²) in [5.74, 6) is -0.579. The first-order valence-corrected chi connectivity index (χ1v) is 3.71. The molecule has 1 amide bonds. The van der Waals surface area contributed by atoms with Crippen molar-refractivity contribution in [2.75, 3.05) is 0 Å². The highest BCUT2D eigenvalue weighted by atomic mass is 32.2. The summed E-state index contributed by atoms with van der Waals surface area (Å²) in [6, 6.07) is 0. The molecule has 5 nitrogen and oxygen atoms in total. The molecule has 0 aliphatic carbocycles. The Morgan fingerprint density at radius 3 is 2.50 bits per heavy atom. The van der Waals surface area contributed by atoms with Gasteiger partial charge in [0.2, 0.25) is 5.91 Å². The van der Waals surface area contributed by atoms with Crippen molar-refractivity contribution in [3.8, 4) is 0 Å². The molecule has 0 saturated carbocycles. The van der Waals surface area contributed by atoms with Crippen molar-refractivity contribution in [1.29, 1.82) is 0 Å². The molecule has 10 heavy (non-hydrogen) atoms. The Bertz CT molecular complexity index is 180. The highest BCUT2D eigenvalue weighted by molar-refractivity contribution is 7.67. The number of amides is 1. The van der Waals surface area contributed by atoms with E-state index in [0.717, 1.165) is 0 Å². The molecule has 0 rings (SSSR count). The Morgan fingerprint density at radius 2 is 2.20 bits per heavy atom. The predicted molar refractivity (Wildman–Crippen MR) is 34.7 cm³/mol. The van der Waals surface area contributed by atoms with Crippen LogP contribution in [-0.2, 0) is 20.0 Å². The molecule has 0 aromatic heterocycles. The summed E-state index contributed by atoms with van der Waals surface area (Å²) in [4.78, 5) is 10.1. The normalized spacial score (nSPS) is 13.4. The molecule has 0 bridgehead atoms. The van der Waals surface area contributed by atoms with Gasteiger partial charge in [-0.05, 0) is 6.92 Å². The van der Waals surface area contributed by atoms with E-state index in [-0.39, 0.29) is 6.42 Å². The number of hydrogen-bond acceptors (Lipinski definition) is 4. The number of thiol groups is 1. The van der Waals surface area contributed by atoms with Gasteiger partial charge in [0.25, 0.3) is 11.0 Å². The molecule has 2 N–H and O–H groups in total. The predicted octanol–water partition coefficient (Wildman–Crippen LogP) is -1.21. The Labute approximate surface area is 60.3 Å². The first kappa shape index (κ1) is 9.38. The molecule has 0 aliphatic heterocycles. The third-order valence-electron chi connectivity index (χ3n) is 0.755. The Morgan fingerprint density at radius 1 is 1.70 bits per heavy atom. The average molecular weight is 167 g/mol. The largest absolute Gasteiger partial charge is 0.370 e. The van der Waals surface area contributed by atoms with Crippen LogP contribution in [0, 0.1) is 0 Å². The lowest BCUT2D eigenvalue weighted by atomic mass is 10.3. The molecule has 0 saturated heterocycles. The minimum Gasteiger partial charge on any atom is -0.370 e. The number of carbonyl (C=O) groups excluding carboxylic acids is 1. The third kappa shape index (κ3) is 5.52. The van der Waals surface area contributed by atoms with Crippen LogP contribution in [0.15, 0.2) is 0 Å². The third-order valence-corrected chi connectivity index (χ3v) is 1.29. The second-order valence-electron chi connectivity index (χ2n) is 1.81. The van der Waals surface area contributed by atoms with Gasteiger partial charge in [0, 0.05) is 0 Å². The fourth-order valence-corrected chi connectivity index (χ4v) is 0.836. The quantitative estimate of drug-likeness (QED) is 0.514. The molecule has 0 heterocycles. The van der Waals surface area contributed by atoms with Crippen molar-refractivity contribution < 1.29 is 17.4 Å². The van der Waals surface area contributed by atoms with Crippen LogP contribution >= 0.6 is 0 Å². The number of nitrogens with two attached hydrogens (primary N) is 1. The fourth-order valence-electron chi connectivity index (χ4n) is 0.468. The monoisotopic (exact) mass is 167 g/mol. The second-order valence-corrected chi connectivity index (χ2v) is 2.47. The summed E-state index contributed by atoms with van der Waals surface area (Å²) in [5.41, 5.74) is 4.75. The summed E-state index contributed by atoms with van der Waals surface area (Å²) in [7, 11) is -2.88. The SMILES string of the molecule is CC(CC(N)=O)O[SH](=O)=O. The highest BCUT2D eigenvalue weighted by Crippen LogP contribution is 1.94. The zero-order chi connectivity index (χ0) is 8.15. The van der Waals surface area contributed by atoms with Gasteiger partial charge in [-0.25, -0.2) is 8.42 Å². The summed E-state index contributed by atoms with van der Waals surface area (Å²) in [6.07, 6.45) is -0.734. The van der Waals surface area contributed by atoms with Crippen molar-refractivity contribution in [2.45, 2.75) is 19.4 Å². The topological polar surface area (TPSA) is 86.5 Å².